The maximum Gasteiger partial charge on any atom is 0.393 e. The number of alkyl halides is 3. The number of rotatable bonds is 10. The second-order valence-corrected chi connectivity index (χ2v) is 14.0. The summed E-state index contributed by atoms with van der Waals surface area (Å²) in [5.41, 5.74) is 4.19. The molecule has 1 unspecified atom stereocenters. The minimum absolute atomic E-state index is 0.0382. The van der Waals surface area contributed by atoms with Crippen LogP contribution in [0.3, 0.4) is 0 Å². The number of Topliss-reactive ketones (excluding diaryl/α,β-unsaturated/α-hetero) is 1. The molecule has 1 atom stereocenters. The monoisotopic (exact) mass is 666 g/mol. The summed E-state index contributed by atoms with van der Waals surface area (Å²) in [7, 11) is 0. The van der Waals surface area contributed by atoms with Crippen LogP contribution in [-0.2, 0) is 24.3 Å². The fourth-order valence-electron chi connectivity index (χ4n) is 6.87. The Kier molecular flexibility index (Phi) is 9.85. The molecule has 250 valence electrons. The number of nitriles is 1. The van der Waals surface area contributed by atoms with Crippen LogP contribution in [0, 0.1) is 18.3 Å². The molecule has 0 amide bonds. The van der Waals surface area contributed by atoms with Crippen molar-refractivity contribution < 1.29 is 18.0 Å². The summed E-state index contributed by atoms with van der Waals surface area (Å²) in [5.74, 6) is 0.805. The predicted molar refractivity (Wildman–Crippen MR) is 179 cm³/mol. The van der Waals surface area contributed by atoms with Gasteiger partial charge in [-0.3, -0.25) is 19.5 Å². The zero-order chi connectivity index (χ0) is 33.3. The number of hydrogen-bond donors (Lipinski definition) is 1. The summed E-state index contributed by atoms with van der Waals surface area (Å²) in [5, 5.41) is 15.2. The molecule has 1 N–H and O–H groups in total. The Morgan fingerprint density at radius 2 is 1.81 bits per heavy atom. The number of likely N-dealkylation sites (tertiary alicyclic amines) is 1. The molecule has 5 heterocycles. The lowest BCUT2D eigenvalue weighted by Gasteiger charge is -2.37. The van der Waals surface area contributed by atoms with Crippen LogP contribution < -0.4 is 5.32 Å². The van der Waals surface area contributed by atoms with E-state index >= 15 is 0 Å². The van der Waals surface area contributed by atoms with Crippen molar-refractivity contribution in [2.75, 3.05) is 51.1 Å². The molecular weight excluding hydrogens is 625 g/mol. The summed E-state index contributed by atoms with van der Waals surface area (Å²) in [6.45, 7) is 13.5. The van der Waals surface area contributed by atoms with E-state index in [1.54, 1.807) is 13.0 Å². The van der Waals surface area contributed by atoms with E-state index < -0.39 is 12.6 Å². The number of carbonyl (C=O) groups is 1. The van der Waals surface area contributed by atoms with E-state index in [1.807, 2.05) is 13.0 Å². The van der Waals surface area contributed by atoms with E-state index in [2.05, 4.69) is 59.7 Å². The SMILES string of the molecule is CC(=O)C(C)N1CCN(CCn2c(C#N)cc3c(C)c(CN4CCC(Nc5ncnc6sc(CC(F)(F)F)cc56)CC4)ccc32)CC1. The molecule has 4 aromatic rings. The number of carbonyl (C=O) groups excluding carboxylic acids is 1. The van der Waals surface area contributed by atoms with Crippen molar-refractivity contribution >= 4 is 44.1 Å². The first-order valence-electron chi connectivity index (χ1n) is 16.3. The van der Waals surface area contributed by atoms with Crippen molar-refractivity contribution in [3.63, 3.8) is 0 Å². The van der Waals surface area contributed by atoms with Crippen molar-refractivity contribution in [2.45, 2.75) is 71.4 Å². The van der Waals surface area contributed by atoms with Crippen LogP contribution in [-0.4, -0.2) is 99.1 Å². The lowest BCUT2D eigenvalue weighted by atomic mass is 10.0. The first-order valence-corrected chi connectivity index (χ1v) is 17.1. The first kappa shape index (κ1) is 33.3. The van der Waals surface area contributed by atoms with Gasteiger partial charge >= 0.3 is 6.18 Å². The van der Waals surface area contributed by atoms with Gasteiger partial charge in [-0.05, 0) is 62.9 Å². The van der Waals surface area contributed by atoms with Crippen molar-refractivity contribution in [2.24, 2.45) is 0 Å². The number of aromatic nitrogens is 3. The Balaban J connectivity index is 1.05. The van der Waals surface area contributed by atoms with Crippen LogP contribution in [0.1, 0.15) is 48.4 Å². The summed E-state index contributed by atoms with van der Waals surface area (Å²) in [6.07, 6.45) is -2.02. The zero-order valence-electron chi connectivity index (χ0n) is 27.1. The van der Waals surface area contributed by atoms with Gasteiger partial charge in [0.25, 0.3) is 0 Å². The maximum absolute atomic E-state index is 12.9. The van der Waals surface area contributed by atoms with Crippen LogP contribution in [0.2, 0.25) is 0 Å². The summed E-state index contributed by atoms with van der Waals surface area (Å²) < 4.78 is 41.0. The second kappa shape index (κ2) is 13.9. The molecule has 2 saturated heterocycles. The number of piperazine rings is 1. The predicted octanol–water partition coefficient (Wildman–Crippen LogP) is 5.60. The number of halogens is 3. The number of benzene rings is 1. The lowest BCUT2D eigenvalue weighted by Crippen LogP contribution is -2.51. The Labute approximate surface area is 277 Å². The van der Waals surface area contributed by atoms with E-state index in [4.69, 9.17) is 0 Å². The smallest absolute Gasteiger partial charge is 0.367 e. The van der Waals surface area contributed by atoms with Crippen molar-refractivity contribution in [1.82, 2.24) is 29.2 Å². The number of anilines is 1. The molecule has 13 heteroatoms. The molecule has 0 spiro atoms. The molecule has 1 aromatic carbocycles. The molecule has 0 saturated carbocycles. The average Bonchev–Trinajstić information content (AvgIpc) is 3.62. The second-order valence-electron chi connectivity index (χ2n) is 12.9. The molecular formula is C34H41F3N8OS. The molecule has 2 aliphatic rings. The molecule has 2 aliphatic heterocycles. The van der Waals surface area contributed by atoms with E-state index in [1.165, 1.54) is 17.5 Å². The van der Waals surface area contributed by atoms with Gasteiger partial charge in [0.05, 0.1) is 17.8 Å². The quantitative estimate of drug-likeness (QED) is 0.234. The highest BCUT2D eigenvalue weighted by molar-refractivity contribution is 7.18. The van der Waals surface area contributed by atoms with Gasteiger partial charge in [-0.2, -0.15) is 18.4 Å². The molecule has 0 bridgehead atoms. The Bertz CT molecular complexity index is 1780. The zero-order valence-corrected chi connectivity index (χ0v) is 27.9. The van der Waals surface area contributed by atoms with E-state index in [0.29, 0.717) is 21.7 Å². The third-order valence-electron chi connectivity index (χ3n) is 9.84. The number of ketones is 1. The highest BCUT2D eigenvalue weighted by atomic mass is 32.1. The van der Waals surface area contributed by atoms with Gasteiger partial charge in [0.15, 0.2) is 0 Å². The standard InChI is InChI=1S/C34H41F3N8OS/c1-22-25(4-5-31-29(22)16-27(19-38)45(31)15-12-42-10-13-44(14-11-42)23(2)24(3)46)20-43-8-6-26(7-9-43)41-32-30-17-28(18-34(35,36)37)47-33(30)40-21-39-32/h4-5,16-17,21,23,26H,6-15,18,20H2,1-3H3,(H,39,40,41). The van der Waals surface area contributed by atoms with Gasteiger partial charge in [0.2, 0.25) is 0 Å². The maximum atomic E-state index is 12.9. The van der Waals surface area contributed by atoms with Crippen LogP contribution in [0.15, 0.2) is 30.6 Å². The fourth-order valence-corrected chi connectivity index (χ4v) is 7.90. The van der Waals surface area contributed by atoms with Crippen molar-refractivity contribution in [1.29, 1.82) is 5.26 Å². The van der Waals surface area contributed by atoms with Gasteiger partial charge < -0.3 is 9.88 Å². The minimum atomic E-state index is -4.26. The number of fused-ring (bicyclic) bond motifs is 2. The fraction of sp³-hybridized carbons (Fsp3) is 0.529. The van der Waals surface area contributed by atoms with Gasteiger partial charge in [-0.15, -0.1) is 11.3 Å². The van der Waals surface area contributed by atoms with E-state index in [0.717, 1.165) is 94.0 Å². The number of thiophene rings is 1. The molecule has 0 radical (unpaired) electrons. The number of piperidine rings is 1. The normalized spacial score (nSPS) is 18.1. The van der Waals surface area contributed by atoms with Crippen LogP contribution >= 0.6 is 11.3 Å². The molecule has 9 nitrogen and oxygen atoms in total. The highest BCUT2D eigenvalue weighted by Gasteiger charge is 2.29. The number of hydrogen-bond acceptors (Lipinski definition) is 9. The molecule has 2 fully saturated rings. The largest absolute Gasteiger partial charge is 0.393 e. The molecule has 6 rings (SSSR count). The van der Waals surface area contributed by atoms with E-state index in [9.17, 15) is 23.2 Å². The number of nitrogens with one attached hydrogen (secondary N) is 1. The average molecular weight is 667 g/mol. The number of aryl methyl sites for hydroxylation is 1. The molecule has 0 aliphatic carbocycles. The molecule has 47 heavy (non-hydrogen) atoms. The Morgan fingerprint density at radius 3 is 2.49 bits per heavy atom. The third-order valence-corrected chi connectivity index (χ3v) is 10.9. The Hall–Kier alpha value is -3.57. The highest BCUT2D eigenvalue weighted by Crippen LogP contribution is 2.33. The summed E-state index contributed by atoms with van der Waals surface area (Å²) in [4.78, 5) is 28.2. The van der Waals surface area contributed by atoms with Gasteiger partial charge in [-0.25, -0.2) is 9.97 Å². The van der Waals surface area contributed by atoms with Gasteiger partial charge in [0.1, 0.15) is 34.5 Å². The lowest BCUT2D eigenvalue weighted by molar-refractivity contribution is -0.126. The van der Waals surface area contributed by atoms with Crippen LogP contribution in [0.4, 0.5) is 19.0 Å². The van der Waals surface area contributed by atoms with Gasteiger partial charge in [-0.1, -0.05) is 6.07 Å². The van der Waals surface area contributed by atoms with Gasteiger partial charge in [0, 0.05) is 80.7 Å². The van der Waals surface area contributed by atoms with E-state index in [-0.39, 0.29) is 22.7 Å². The first-order chi connectivity index (χ1) is 22.5. The number of nitrogens with zero attached hydrogens (tertiary/aromatic N) is 7. The topological polar surface area (TPSA) is 93.3 Å². The third kappa shape index (κ3) is 7.62. The van der Waals surface area contributed by atoms with Crippen LogP contribution in [0.5, 0.6) is 0 Å². The van der Waals surface area contributed by atoms with Crippen LogP contribution in [0.25, 0.3) is 21.1 Å². The van der Waals surface area contributed by atoms with Crippen molar-refractivity contribution in [3.05, 3.63) is 52.3 Å². The summed E-state index contributed by atoms with van der Waals surface area (Å²) in [6, 6.07) is 10.5. The minimum Gasteiger partial charge on any atom is -0.367 e. The molecule has 3 aromatic heterocycles. The summed E-state index contributed by atoms with van der Waals surface area (Å²) >= 11 is 1.07. The Morgan fingerprint density at radius 1 is 1.06 bits per heavy atom. The van der Waals surface area contributed by atoms with Crippen molar-refractivity contribution in [3.8, 4) is 6.07 Å².